The van der Waals surface area contributed by atoms with E-state index in [9.17, 15) is 9.59 Å². The van der Waals surface area contributed by atoms with Gasteiger partial charge in [0.1, 0.15) is 22.8 Å². The van der Waals surface area contributed by atoms with Crippen molar-refractivity contribution in [3.8, 4) is 22.5 Å². The van der Waals surface area contributed by atoms with Gasteiger partial charge in [0.05, 0.1) is 87.0 Å². The number of fused-ring (bicyclic) bond motifs is 2. The number of likely N-dealkylation sites (N-methyl/N-ethyl adjacent to an activating group) is 1. The van der Waals surface area contributed by atoms with Gasteiger partial charge in [0.2, 0.25) is 11.9 Å². The number of nitrogens with zero attached hydrogens (tertiary/aromatic N) is 11. The lowest BCUT2D eigenvalue weighted by Gasteiger charge is -2.52. The Balaban J connectivity index is 0.000000157. The second kappa shape index (κ2) is 20.3. The van der Waals surface area contributed by atoms with Crippen LogP contribution in [0, 0.1) is 0 Å². The van der Waals surface area contributed by atoms with Crippen LogP contribution in [0.25, 0.3) is 44.6 Å². The van der Waals surface area contributed by atoms with E-state index in [-0.39, 0.29) is 35.1 Å². The standard InChI is InChI=1S/C27H33N7O3.C26H31N7O3/c1-18-14-36-11-10-34(18)24-21-7-8-22(19-5-4-6-20(13-19)25(35)28-2)29-23(21)30-26(31-24)33-9-12-37-27(17-33)15-32(3)16-27;1-17-13-35-10-9-33(17)23-20-6-7-21(18-4-3-5-19(12-18)24(34)27-2)29-22(20)30-25(31-23)32-8-11-36-26(16-32)14-28-15-26/h4-8,13,18H,9-12,14-17H2,1-3H3,(H,28,35);3-7,12,17,28H,8-11,13-16H2,1-2H3,(H,27,34)/t18-;17-/m00/s1. The molecule has 382 valence electrons. The number of likely N-dealkylation sites (tertiary alicyclic amines) is 1. The minimum atomic E-state index is -0.168. The van der Waals surface area contributed by atoms with E-state index in [1.54, 1.807) is 26.2 Å². The Morgan fingerprint density at radius 2 is 1.07 bits per heavy atom. The summed E-state index contributed by atoms with van der Waals surface area (Å²) in [6.07, 6.45) is 0. The van der Waals surface area contributed by atoms with Gasteiger partial charge in [-0.05, 0) is 69.4 Å². The van der Waals surface area contributed by atoms with Crippen molar-refractivity contribution in [2.75, 3.05) is 146 Å². The topological polar surface area (TPSA) is 201 Å². The van der Waals surface area contributed by atoms with Gasteiger partial charge in [0.15, 0.2) is 11.3 Å². The van der Waals surface area contributed by atoms with Gasteiger partial charge in [0, 0.05) is 88.7 Å². The summed E-state index contributed by atoms with van der Waals surface area (Å²) in [6.45, 7) is 16.3. The van der Waals surface area contributed by atoms with Crippen LogP contribution in [-0.2, 0) is 18.9 Å². The van der Waals surface area contributed by atoms with Crippen molar-refractivity contribution < 1.29 is 28.5 Å². The SMILES string of the molecule is CNC(=O)c1cccc(-c2ccc3c(N4CCOC[C@@H]4C)nc(N4CCOC5(CN(C)C5)C4)nc3n2)c1.CNC(=O)c1cccc(-c2ccc3c(N4CCOC[C@@H]4C)nc(N4CCOC5(CNC5)C4)nc3n2)c1. The molecule has 6 aromatic rings. The summed E-state index contributed by atoms with van der Waals surface area (Å²) >= 11 is 0. The molecule has 3 N–H and O–H groups in total. The highest BCUT2D eigenvalue weighted by atomic mass is 16.5. The van der Waals surface area contributed by atoms with Gasteiger partial charge in [-0.15, -0.1) is 0 Å². The van der Waals surface area contributed by atoms with Gasteiger partial charge in [-0.25, -0.2) is 9.97 Å². The van der Waals surface area contributed by atoms with E-state index >= 15 is 0 Å². The number of carbonyl (C=O) groups excluding carboxylic acids is 2. The molecule has 0 bridgehead atoms. The normalized spacial score (nSPS) is 21.6. The molecule has 10 heterocycles. The Hall–Kier alpha value is -6.68. The number of aromatic nitrogens is 6. The fourth-order valence-corrected chi connectivity index (χ4v) is 10.8. The fourth-order valence-electron chi connectivity index (χ4n) is 10.8. The van der Waals surface area contributed by atoms with Crippen LogP contribution in [0.1, 0.15) is 34.6 Å². The van der Waals surface area contributed by atoms with Gasteiger partial charge in [-0.3, -0.25) is 9.59 Å². The Kier molecular flexibility index (Phi) is 13.5. The van der Waals surface area contributed by atoms with Crippen molar-refractivity contribution in [1.29, 1.82) is 0 Å². The van der Waals surface area contributed by atoms with Crippen LogP contribution >= 0.6 is 0 Å². The van der Waals surface area contributed by atoms with Gasteiger partial charge in [-0.1, -0.05) is 24.3 Å². The van der Waals surface area contributed by atoms with Crippen molar-refractivity contribution in [2.45, 2.75) is 37.1 Å². The Bertz CT molecular complexity index is 3020. The molecule has 73 heavy (non-hydrogen) atoms. The highest BCUT2D eigenvalue weighted by Gasteiger charge is 2.47. The molecule has 0 aliphatic carbocycles. The highest BCUT2D eigenvalue weighted by Crippen LogP contribution is 2.36. The number of hydrogen-bond donors (Lipinski definition) is 3. The maximum atomic E-state index is 12.2. The molecule has 6 fully saturated rings. The molecular weight excluding hydrogens is 929 g/mol. The molecule has 2 spiro atoms. The molecule has 6 aliphatic heterocycles. The Morgan fingerprint density at radius 3 is 1.51 bits per heavy atom. The van der Waals surface area contributed by atoms with Crippen LogP contribution in [0.3, 0.4) is 0 Å². The third-order valence-electron chi connectivity index (χ3n) is 14.7. The predicted octanol–water partition coefficient (Wildman–Crippen LogP) is 3.25. The van der Waals surface area contributed by atoms with Crippen molar-refractivity contribution in [3.63, 3.8) is 0 Å². The van der Waals surface area contributed by atoms with Crippen LogP contribution in [0.2, 0.25) is 0 Å². The first-order valence-corrected chi connectivity index (χ1v) is 25.4. The molecule has 0 radical (unpaired) electrons. The Labute approximate surface area is 424 Å². The summed E-state index contributed by atoms with van der Waals surface area (Å²) < 4.78 is 23.7. The number of nitrogens with one attached hydrogen (secondary N) is 3. The van der Waals surface area contributed by atoms with E-state index in [1.165, 1.54) is 0 Å². The van der Waals surface area contributed by atoms with Crippen LogP contribution in [0.4, 0.5) is 23.5 Å². The lowest BCUT2D eigenvalue weighted by molar-refractivity contribution is -0.141. The van der Waals surface area contributed by atoms with Gasteiger partial charge >= 0.3 is 0 Å². The van der Waals surface area contributed by atoms with Gasteiger partial charge < -0.3 is 59.4 Å². The first-order chi connectivity index (χ1) is 35.5. The molecule has 2 aromatic carbocycles. The number of pyridine rings is 2. The number of carbonyl (C=O) groups is 2. The molecule has 2 atom stereocenters. The maximum absolute atomic E-state index is 12.2. The lowest BCUT2D eigenvalue weighted by atomic mass is 9.93. The molecule has 0 unspecified atom stereocenters. The third-order valence-corrected chi connectivity index (χ3v) is 14.7. The second-order valence-electron chi connectivity index (χ2n) is 20.1. The summed E-state index contributed by atoms with van der Waals surface area (Å²) in [4.78, 5) is 65.8. The molecule has 6 aliphatic rings. The number of amides is 2. The zero-order valence-electron chi connectivity index (χ0n) is 42.3. The van der Waals surface area contributed by atoms with E-state index in [1.807, 2.05) is 60.7 Å². The monoisotopic (exact) mass is 993 g/mol. The number of morpholine rings is 4. The van der Waals surface area contributed by atoms with Gasteiger partial charge in [-0.2, -0.15) is 19.9 Å². The zero-order valence-corrected chi connectivity index (χ0v) is 42.3. The number of rotatable bonds is 8. The first kappa shape index (κ1) is 48.6. The summed E-state index contributed by atoms with van der Waals surface area (Å²) in [7, 11) is 5.38. The minimum Gasteiger partial charge on any atom is -0.377 e. The average Bonchev–Trinajstić information content (AvgIpc) is 3.41. The maximum Gasteiger partial charge on any atom is 0.251 e. The summed E-state index contributed by atoms with van der Waals surface area (Å²) in [5.41, 5.74) is 5.41. The summed E-state index contributed by atoms with van der Waals surface area (Å²) in [6, 6.07) is 23.4. The quantitative estimate of drug-likeness (QED) is 0.201. The molecule has 20 heteroatoms. The zero-order chi connectivity index (χ0) is 50.3. The van der Waals surface area contributed by atoms with E-state index in [2.05, 4.69) is 61.3 Å². The van der Waals surface area contributed by atoms with Gasteiger partial charge in [0.25, 0.3) is 11.8 Å². The third kappa shape index (κ3) is 9.82. The van der Waals surface area contributed by atoms with Crippen molar-refractivity contribution in [3.05, 3.63) is 83.9 Å². The predicted molar refractivity (Wildman–Crippen MR) is 280 cm³/mol. The smallest absolute Gasteiger partial charge is 0.251 e. The fraction of sp³-hybridized carbons (Fsp3) is 0.472. The summed E-state index contributed by atoms with van der Waals surface area (Å²) in [5.74, 6) is 2.88. The number of hydrogen-bond acceptors (Lipinski definition) is 18. The summed E-state index contributed by atoms with van der Waals surface area (Å²) in [5, 5.41) is 10.5. The van der Waals surface area contributed by atoms with Crippen LogP contribution < -0.4 is 35.6 Å². The molecule has 6 saturated heterocycles. The molecule has 12 rings (SSSR count). The van der Waals surface area contributed by atoms with Crippen molar-refractivity contribution in [2.24, 2.45) is 0 Å². The Morgan fingerprint density at radius 1 is 0.589 bits per heavy atom. The van der Waals surface area contributed by atoms with E-state index in [0.717, 1.165) is 110 Å². The van der Waals surface area contributed by atoms with Crippen LogP contribution in [0.5, 0.6) is 0 Å². The molecule has 2 amide bonds. The van der Waals surface area contributed by atoms with Crippen molar-refractivity contribution >= 4 is 57.4 Å². The largest absolute Gasteiger partial charge is 0.377 e. The van der Waals surface area contributed by atoms with Crippen molar-refractivity contribution in [1.82, 2.24) is 50.8 Å². The van der Waals surface area contributed by atoms with E-state index in [4.69, 9.17) is 48.9 Å². The van der Waals surface area contributed by atoms with E-state index in [0.29, 0.717) is 74.0 Å². The van der Waals surface area contributed by atoms with Crippen LogP contribution in [-0.4, -0.2) is 196 Å². The van der Waals surface area contributed by atoms with E-state index < -0.39 is 0 Å². The highest BCUT2D eigenvalue weighted by molar-refractivity contribution is 5.97. The average molecular weight is 993 g/mol. The number of anilines is 4. The van der Waals surface area contributed by atoms with Crippen LogP contribution in [0.15, 0.2) is 72.8 Å². The molecular formula is C53H64N14O6. The molecule has 20 nitrogen and oxygen atoms in total. The number of benzene rings is 2. The lowest BCUT2D eigenvalue weighted by Crippen LogP contribution is -2.69. The second-order valence-corrected chi connectivity index (χ2v) is 20.1. The molecule has 4 aromatic heterocycles. The molecule has 0 saturated carbocycles. The first-order valence-electron chi connectivity index (χ1n) is 25.4. The minimum absolute atomic E-state index is 0.126. The number of ether oxygens (including phenoxy) is 4.